The van der Waals surface area contributed by atoms with Gasteiger partial charge in [0.2, 0.25) is 5.95 Å². The van der Waals surface area contributed by atoms with Crippen LogP contribution in [-0.4, -0.2) is 24.1 Å². The van der Waals surface area contributed by atoms with Crippen molar-refractivity contribution in [2.75, 3.05) is 0 Å². The van der Waals surface area contributed by atoms with Gasteiger partial charge in [0, 0.05) is 43.8 Å². The summed E-state index contributed by atoms with van der Waals surface area (Å²) in [6.07, 6.45) is 0. The topological polar surface area (TPSA) is 48.5 Å². The van der Waals surface area contributed by atoms with E-state index >= 15 is 0 Å². The summed E-state index contributed by atoms with van der Waals surface area (Å²) in [5.41, 5.74) is -1.51. The van der Waals surface area contributed by atoms with E-state index in [2.05, 4.69) is 4.98 Å². The Hall–Kier alpha value is -7.63. The predicted molar refractivity (Wildman–Crippen MR) is 242 cm³/mol. The van der Waals surface area contributed by atoms with Crippen molar-refractivity contribution in [2.45, 2.75) is 19.3 Å². The molecule has 0 fully saturated rings. The maximum absolute atomic E-state index is 9.73. The highest BCUT2D eigenvalue weighted by molar-refractivity contribution is 6.10. The van der Waals surface area contributed by atoms with Crippen LogP contribution in [0, 0.1) is 0 Å². The van der Waals surface area contributed by atoms with E-state index in [4.69, 9.17) is 30.5 Å². The molecule has 0 atom stereocenters. The third-order valence-corrected chi connectivity index (χ3v) is 10.7. The van der Waals surface area contributed by atoms with Crippen LogP contribution in [0.15, 0.2) is 187 Å². The van der Waals surface area contributed by atoms with Crippen molar-refractivity contribution in [3.63, 3.8) is 0 Å². The highest BCUT2D eigenvalue weighted by Crippen LogP contribution is 2.49. The zero-order valence-electron chi connectivity index (χ0n) is 54.8. The molecule has 0 bridgehead atoms. The fourth-order valence-electron chi connectivity index (χ4n) is 7.93. The standard InChI is InChI=1S/C54H37N5/c1-54(2)45-21-8-3-16-39(45)40-31-30-37(33-46(40)54)52-55-51(56-53(57-52)59-49-24-11-6-19-43(49)44-20-7-12-25-50(44)59)35-28-26-34(27-29-35)36-14-13-15-38(32-36)58-47-22-9-4-17-41(47)42-18-5-10-23-48(42)58/h3-33H,1-2H3/i4D,5D,6D,7D,9D,10D,11D,12D,13D,14D,15D,17D,18D,19D,20D,22D,23D,24D,25D,26D,27D,28D,29D,32D. The number of para-hydroxylation sites is 4. The van der Waals surface area contributed by atoms with Gasteiger partial charge in [-0.3, -0.25) is 4.57 Å². The molecule has 12 rings (SSSR count). The van der Waals surface area contributed by atoms with Crippen molar-refractivity contribution in [1.29, 1.82) is 0 Å². The van der Waals surface area contributed by atoms with E-state index in [-0.39, 0.29) is 33.2 Å². The fourth-order valence-corrected chi connectivity index (χ4v) is 7.93. The van der Waals surface area contributed by atoms with Gasteiger partial charge >= 0.3 is 0 Å². The Morgan fingerprint density at radius 2 is 0.966 bits per heavy atom. The molecule has 0 aliphatic heterocycles. The van der Waals surface area contributed by atoms with E-state index in [0.29, 0.717) is 0 Å². The third kappa shape index (κ3) is 5.08. The number of rotatable bonds is 5. The monoisotopic (exact) mass is 779 g/mol. The lowest BCUT2D eigenvalue weighted by atomic mass is 9.82. The second kappa shape index (κ2) is 12.7. The third-order valence-electron chi connectivity index (χ3n) is 10.7. The molecule has 1 aliphatic rings. The van der Waals surface area contributed by atoms with Crippen LogP contribution in [0.1, 0.15) is 57.9 Å². The first kappa shape index (κ1) is 17.5. The van der Waals surface area contributed by atoms with Crippen LogP contribution < -0.4 is 0 Å². The lowest BCUT2D eigenvalue weighted by molar-refractivity contribution is 0.660. The Bertz CT molecular complexity index is 4710. The van der Waals surface area contributed by atoms with Crippen LogP contribution in [0.5, 0.6) is 0 Å². The molecule has 11 aromatic rings. The molecule has 5 heteroatoms. The summed E-state index contributed by atoms with van der Waals surface area (Å²) in [6, 6.07) is -6.61. The molecule has 0 unspecified atom stereocenters. The minimum atomic E-state index is -0.988. The molecule has 5 nitrogen and oxygen atoms in total. The van der Waals surface area contributed by atoms with E-state index in [9.17, 15) is 12.3 Å². The van der Waals surface area contributed by atoms with Gasteiger partial charge in [0.05, 0.1) is 55.0 Å². The number of benzene rings is 8. The molecule has 0 spiro atoms. The van der Waals surface area contributed by atoms with Crippen molar-refractivity contribution in [3.05, 3.63) is 199 Å². The van der Waals surface area contributed by atoms with Crippen LogP contribution >= 0.6 is 0 Å². The first-order valence-corrected chi connectivity index (χ1v) is 18.2. The number of fused-ring (bicyclic) bond motifs is 9. The Labute approximate surface area is 375 Å². The van der Waals surface area contributed by atoms with E-state index in [1.165, 1.54) is 0 Å². The highest BCUT2D eigenvalue weighted by atomic mass is 15.2. The zero-order valence-corrected chi connectivity index (χ0v) is 30.8. The van der Waals surface area contributed by atoms with Gasteiger partial charge in [-0.2, -0.15) is 9.97 Å². The minimum absolute atomic E-state index is 0.212. The van der Waals surface area contributed by atoms with Crippen molar-refractivity contribution in [3.8, 4) is 56.7 Å². The summed E-state index contributed by atoms with van der Waals surface area (Å²) in [6.45, 7) is 4.02. The maximum atomic E-state index is 9.73. The number of nitrogens with zero attached hydrogens (tertiary/aromatic N) is 5. The molecule has 0 saturated heterocycles. The van der Waals surface area contributed by atoms with E-state index < -0.39 is 206 Å². The molecular formula is C54H37N5. The first-order chi connectivity index (χ1) is 39.0. The van der Waals surface area contributed by atoms with Gasteiger partial charge in [-0.1, -0.05) is 159 Å². The molecule has 3 heterocycles. The highest BCUT2D eigenvalue weighted by Gasteiger charge is 2.35. The number of aromatic nitrogens is 5. The quantitative estimate of drug-likeness (QED) is 0.175. The van der Waals surface area contributed by atoms with Crippen molar-refractivity contribution < 1.29 is 32.9 Å². The van der Waals surface area contributed by atoms with E-state index in [1.54, 1.807) is 12.1 Å². The molecule has 0 radical (unpaired) electrons. The average Bonchev–Trinajstić information content (AvgIpc) is 2.46. The van der Waals surface area contributed by atoms with E-state index in [0.717, 1.165) is 31.4 Å². The normalized spacial score (nSPS) is 18.7. The van der Waals surface area contributed by atoms with Crippen LogP contribution in [0.25, 0.3) is 100 Å². The summed E-state index contributed by atoms with van der Waals surface area (Å²) in [5, 5.41) is -1.50. The minimum Gasteiger partial charge on any atom is -0.309 e. The van der Waals surface area contributed by atoms with Gasteiger partial charge in [0.15, 0.2) is 11.6 Å². The van der Waals surface area contributed by atoms with Gasteiger partial charge in [-0.05, 0) is 75.7 Å². The Morgan fingerprint density at radius 3 is 1.59 bits per heavy atom. The van der Waals surface area contributed by atoms with Crippen LogP contribution in [-0.2, 0) is 5.41 Å². The first-order valence-electron chi connectivity index (χ1n) is 30.2. The van der Waals surface area contributed by atoms with Crippen LogP contribution in [0.4, 0.5) is 0 Å². The molecule has 0 saturated carbocycles. The van der Waals surface area contributed by atoms with Crippen molar-refractivity contribution in [1.82, 2.24) is 24.1 Å². The molecule has 0 amide bonds. The molecule has 8 aromatic carbocycles. The van der Waals surface area contributed by atoms with Crippen molar-refractivity contribution >= 4 is 43.6 Å². The fraction of sp³-hybridized carbons (Fsp3) is 0.0556. The second-order valence-corrected chi connectivity index (χ2v) is 14.3. The summed E-state index contributed by atoms with van der Waals surface area (Å²) in [4.78, 5) is 14.2. The zero-order chi connectivity index (χ0) is 60.1. The number of hydrogen-bond acceptors (Lipinski definition) is 3. The molecule has 59 heavy (non-hydrogen) atoms. The smallest absolute Gasteiger partial charge is 0.238 e. The van der Waals surface area contributed by atoms with Crippen molar-refractivity contribution in [2.24, 2.45) is 0 Å². The SMILES string of the molecule is [2H]c1c([2H])c(-c2c([2H])c([2H])c(-c3nc(-c4ccc5c(c4)C(C)(C)c4ccccc4-5)nc(-n4c5c([2H])c([2H])c([2H])c([2H])c5c5c([2H])c([2H])c([2H])c([2H])c54)n3)c([2H])c2[2H])c([2H])c(-n2c3c([2H])c([2H])c([2H])c([2H])c3c3c([2H])c([2H])c([2H])c([2H])c32)c1[2H]. The second-order valence-electron chi connectivity index (χ2n) is 14.3. The van der Waals surface area contributed by atoms with Gasteiger partial charge in [-0.15, -0.1) is 0 Å². The lowest BCUT2D eigenvalue weighted by Crippen LogP contribution is -2.15. The van der Waals surface area contributed by atoms with Gasteiger partial charge < -0.3 is 4.57 Å². The molecule has 278 valence electrons. The largest absolute Gasteiger partial charge is 0.309 e. The summed E-state index contributed by atoms with van der Waals surface area (Å²) >= 11 is 0. The molecular weight excluding hydrogens is 719 g/mol. The van der Waals surface area contributed by atoms with Gasteiger partial charge in [0.1, 0.15) is 0 Å². The molecule has 0 N–H and O–H groups in total. The lowest BCUT2D eigenvalue weighted by Gasteiger charge is -2.21. The summed E-state index contributed by atoms with van der Waals surface area (Å²) in [5.74, 6) is -1.37. The summed E-state index contributed by atoms with van der Waals surface area (Å²) < 4.78 is 218. The maximum Gasteiger partial charge on any atom is 0.238 e. The Morgan fingerprint density at radius 1 is 0.441 bits per heavy atom. The van der Waals surface area contributed by atoms with Crippen LogP contribution in [0.3, 0.4) is 0 Å². The Kier molecular flexibility index (Phi) is 3.76. The average molecular weight is 780 g/mol. The Balaban J connectivity index is 1.17. The summed E-state index contributed by atoms with van der Waals surface area (Å²) in [7, 11) is 0. The number of hydrogen-bond donors (Lipinski definition) is 0. The molecule has 3 aromatic heterocycles. The van der Waals surface area contributed by atoms with Crippen LogP contribution in [0.2, 0.25) is 0 Å². The van der Waals surface area contributed by atoms with Gasteiger partial charge in [0.25, 0.3) is 0 Å². The molecule has 1 aliphatic carbocycles. The predicted octanol–water partition coefficient (Wildman–Crippen LogP) is 13.4. The van der Waals surface area contributed by atoms with E-state index in [1.807, 2.05) is 44.2 Å². The van der Waals surface area contributed by atoms with Gasteiger partial charge in [-0.25, -0.2) is 4.98 Å².